The zero-order valence-corrected chi connectivity index (χ0v) is 25.6. The van der Waals surface area contributed by atoms with Crippen LogP contribution in [0.2, 0.25) is 0 Å². The highest BCUT2D eigenvalue weighted by atomic mass is 15.2. The van der Waals surface area contributed by atoms with Crippen LogP contribution in [0, 0.1) is 0 Å². The lowest BCUT2D eigenvalue weighted by atomic mass is 9.73. The highest BCUT2D eigenvalue weighted by Crippen LogP contribution is 2.55. The van der Waals surface area contributed by atoms with Crippen LogP contribution < -0.4 is 4.90 Å². The summed E-state index contributed by atoms with van der Waals surface area (Å²) in [4.78, 5) is 2.47. The van der Waals surface area contributed by atoms with Crippen molar-refractivity contribution in [1.82, 2.24) is 4.57 Å². The first-order valence-corrected chi connectivity index (χ1v) is 15.6. The Labute approximate surface area is 258 Å². The van der Waals surface area contributed by atoms with Gasteiger partial charge in [0.2, 0.25) is 0 Å². The summed E-state index contributed by atoms with van der Waals surface area (Å²) in [5, 5.41) is 2.61. The summed E-state index contributed by atoms with van der Waals surface area (Å²) in [6, 6.07) is 49.5. The first-order valence-electron chi connectivity index (χ1n) is 15.6. The van der Waals surface area contributed by atoms with Crippen molar-refractivity contribution in [3.63, 3.8) is 0 Å². The van der Waals surface area contributed by atoms with Crippen molar-refractivity contribution in [2.24, 2.45) is 0 Å². The Morgan fingerprint density at radius 2 is 1.00 bits per heavy atom. The minimum Gasteiger partial charge on any atom is -0.310 e. The summed E-state index contributed by atoms with van der Waals surface area (Å²) in [6.07, 6.45) is 0. The second-order valence-corrected chi connectivity index (χ2v) is 13.5. The third-order valence-corrected chi connectivity index (χ3v) is 10.4. The van der Waals surface area contributed by atoms with E-state index in [1.165, 1.54) is 77.9 Å². The third-order valence-electron chi connectivity index (χ3n) is 10.4. The molecule has 0 saturated heterocycles. The van der Waals surface area contributed by atoms with Crippen LogP contribution in [0.5, 0.6) is 0 Å². The van der Waals surface area contributed by atoms with Crippen LogP contribution in [-0.2, 0) is 10.8 Å². The third kappa shape index (κ3) is 3.26. The molecule has 6 aromatic carbocycles. The molecule has 0 spiro atoms. The van der Waals surface area contributed by atoms with E-state index in [9.17, 15) is 0 Å². The van der Waals surface area contributed by atoms with Crippen molar-refractivity contribution in [3.05, 3.63) is 156 Å². The first kappa shape index (κ1) is 25.4. The van der Waals surface area contributed by atoms with Gasteiger partial charge in [0, 0.05) is 33.0 Å². The van der Waals surface area contributed by atoms with Crippen LogP contribution in [0.1, 0.15) is 49.9 Å². The molecule has 0 unspecified atom stereocenters. The Morgan fingerprint density at radius 1 is 0.409 bits per heavy atom. The van der Waals surface area contributed by atoms with Crippen LogP contribution in [0.25, 0.3) is 38.6 Å². The molecular formula is C42H34N2. The molecule has 7 aromatic rings. The smallest absolute Gasteiger partial charge is 0.0547 e. The molecule has 0 N–H and O–H groups in total. The topological polar surface area (TPSA) is 8.17 Å². The molecule has 0 bridgehead atoms. The second kappa shape index (κ2) is 8.74. The van der Waals surface area contributed by atoms with E-state index < -0.39 is 0 Å². The van der Waals surface area contributed by atoms with Crippen molar-refractivity contribution >= 4 is 38.9 Å². The van der Waals surface area contributed by atoms with Gasteiger partial charge in [0.05, 0.1) is 22.4 Å². The molecule has 1 aromatic heterocycles. The predicted octanol–water partition coefficient (Wildman–Crippen LogP) is 11.2. The lowest BCUT2D eigenvalue weighted by Crippen LogP contribution is -2.30. The fourth-order valence-corrected chi connectivity index (χ4v) is 8.13. The molecule has 0 amide bonds. The molecule has 2 heteroatoms. The van der Waals surface area contributed by atoms with Gasteiger partial charge in [0.1, 0.15) is 0 Å². The Hall–Kier alpha value is -5.08. The lowest BCUT2D eigenvalue weighted by molar-refractivity contribution is 0.631. The van der Waals surface area contributed by atoms with Gasteiger partial charge in [-0.15, -0.1) is 0 Å². The minimum absolute atomic E-state index is 0.0720. The Kier molecular flexibility index (Phi) is 5.05. The monoisotopic (exact) mass is 566 g/mol. The summed E-state index contributed by atoms with van der Waals surface area (Å²) in [5.41, 5.74) is 15.4. The highest BCUT2D eigenvalue weighted by Gasteiger charge is 2.39. The number of rotatable bonds is 2. The van der Waals surface area contributed by atoms with Gasteiger partial charge in [-0.2, -0.15) is 0 Å². The maximum atomic E-state index is 2.47. The average molecular weight is 567 g/mol. The summed E-state index contributed by atoms with van der Waals surface area (Å²) in [6.45, 7) is 9.48. The van der Waals surface area contributed by atoms with Crippen molar-refractivity contribution in [2.75, 3.05) is 4.90 Å². The normalized spacial score (nSPS) is 15.6. The van der Waals surface area contributed by atoms with Crippen LogP contribution >= 0.6 is 0 Å². The van der Waals surface area contributed by atoms with Crippen LogP contribution in [0.4, 0.5) is 17.1 Å². The number of hydrogen-bond donors (Lipinski definition) is 0. The predicted molar refractivity (Wildman–Crippen MR) is 185 cm³/mol. The first-order chi connectivity index (χ1) is 21.4. The molecule has 0 atom stereocenters. The number of nitrogens with zero attached hydrogens (tertiary/aromatic N) is 2. The Morgan fingerprint density at radius 3 is 1.73 bits per heavy atom. The van der Waals surface area contributed by atoms with E-state index >= 15 is 0 Å². The maximum absolute atomic E-state index is 2.47. The summed E-state index contributed by atoms with van der Waals surface area (Å²) >= 11 is 0. The largest absolute Gasteiger partial charge is 0.310 e. The standard InChI is InChI=1S/C42H34N2/c1-41(2)33-17-9-12-20-38(33)44(39-21-13-10-18-34(39)41)28-22-23-29-31-26-40-32(25-36(31)42(3,4)35(29)24-28)30-16-8-11-19-37(30)43(40)27-14-6-5-7-15-27/h5-26H,1-4H3. The number of hydrogen-bond acceptors (Lipinski definition) is 1. The Balaban J connectivity index is 1.27. The zero-order valence-electron chi connectivity index (χ0n) is 25.6. The van der Waals surface area contributed by atoms with Gasteiger partial charge in [-0.1, -0.05) is 107 Å². The van der Waals surface area contributed by atoms with Gasteiger partial charge in [-0.3, -0.25) is 0 Å². The fourth-order valence-electron chi connectivity index (χ4n) is 8.13. The number of fused-ring (bicyclic) bond motifs is 8. The molecule has 2 aliphatic rings. The number of anilines is 3. The van der Waals surface area contributed by atoms with E-state index in [2.05, 4.69) is 171 Å². The van der Waals surface area contributed by atoms with E-state index in [0.717, 1.165) is 0 Å². The summed E-state index contributed by atoms with van der Waals surface area (Å²) < 4.78 is 2.42. The number of aromatic nitrogens is 1. The molecular weight excluding hydrogens is 532 g/mol. The molecule has 1 aliphatic heterocycles. The molecule has 212 valence electrons. The minimum atomic E-state index is -0.140. The molecule has 0 saturated carbocycles. The van der Waals surface area contributed by atoms with E-state index in [1.807, 2.05) is 0 Å². The molecule has 2 heterocycles. The number of benzene rings is 6. The molecule has 9 rings (SSSR count). The fraction of sp³-hybridized carbons (Fsp3) is 0.143. The van der Waals surface area contributed by atoms with Gasteiger partial charge in [0.25, 0.3) is 0 Å². The lowest BCUT2D eigenvalue weighted by Gasteiger charge is -2.42. The van der Waals surface area contributed by atoms with Crippen molar-refractivity contribution in [3.8, 4) is 16.8 Å². The molecule has 1 aliphatic carbocycles. The summed E-state index contributed by atoms with van der Waals surface area (Å²) in [7, 11) is 0. The Bertz CT molecular complexity index is 2230. The van der Waals surface area contributed by atoms with Gasteiger partial charge < -0.3 is 9.47 Å². The SMILES string of the molecule is CC1(C)c2cc(N3c4ccccc4C(C)(C)c4ccccc43)ccc2-c2cc3c(cc21)c1ccccc1n3-c1ccccc1. The molecule has 0 radical (unpaired) electrons. The van der Waals surface area contributed by atoms with Crippen LogP contribution in [0.3, 0.4) is 0 Å². The van der Waals surface area contributed by atoms with Gasteiger partial charge >= 0.3 is 0 Å². The van der Waals surface area contributed by atoms with E-state index in [4.69, 9.17) is 0 Å². The van der Waals surface area contributed by atoms with Crippen LogP contribution in [0.15, 0.2) is 133 Å². The highest BCUT2D eigenvalue weighted by molar-refractivity contribution is 6.11. The molecule has 44 heavy (non-hydrogen) atoms. The molecule has 0 fully saturated rings. The van der Waals surface area contributed by atoms with Crippen molar-refractivity contribution in [1.29, 1.82) is 0 Å². The van der Waals surface area contributed by atoms with Crippen LogP contribution in [-0.4, -0.2) is 4.57 Å². The van der Waals surface area contributed by atoms with E-state index in [-0.39, 0.29) is 10.8 Å². The van der Waals surface area contributed by atoms with Gasteiger partial charge in [-0.05, 0) is 88.0 Å². The number of para-hydroxylation sites is 4. The van der Waals surface area contributed by atoms with Crippen molar-refractivity contribution in [2.45, 2.75) is 38.5 Å². The van der Waals surface area contributed by atoms with E-state index in [1.54, 1.807) is 0 Å². The van der Waals surface area contributed by atoms with E-state index in [0.29, 0.717) is 0 Å². The van der Waals surface area contributed by atoms with Crippen molar-refractivity contribution < 1.29 is 0 Å². The van der Waals surface area contributed by atoms with Gasteiger partial charge in [0.15, 0.2) is 0 Å². The maximum Gasteiger partial charge on any atom is 0.0547 e. The zero-order chi connectivity index (χ0) is 29.8. The second-order valence-electron chi connectivity index (χ2n) is 13.5. The molecule has 2 nitrogen and oxygen atoms in total. The average Bonchev–Trinajstić information content (AvgIpc) is 3.49. The summed E-state index contributed by atoms with van der Waals surface area (Å²) in [5.74, 6) is 0. The quantitative estimate of drug-likeness (QED) is 0.202. The van der Waals surface area contributed by atoms with Gasteiger partial charge in [-0.25, -0.2) is 0 Å².